The Kier molecular flexibility index (Phi) is 20.4. The van der Waals surface area contributed by atoms with E-state index >= 15 is 0 Å². The van der Waals surface area contributed by atoms with Gasteiger partial charge in [-0.25, -0.2) is 19.9 Å². The zero-order valence-corrected chi connectivity index (χ0v) is 76.0. The Morgan fingerprint density at radius 2 is 0.493 bits per heavy atom. The molecule has 0 saturated carbocycles. The van der Waals surface area contributed by atoms with Crippen molar-refractivity contribution in [3.63, 3.8) is 0 Å². The van der Waals surface area contributed by atoms with E-state index in [4.69, 9.17) is 4.98 Å². The number of pyridine rings is 2. The van der Waals surface area contributed by atoms with Crippen molar-refractivity contribution in [1.29, 1.82) is 0 Å². The van der Waals surface area contributed by atoms with Gasteiger partial charge in [0.2, 0.25) is 0 Å². The standard InChI is InChI=1S/C49H32N2.C44H28N2.C39H28N2/c1-4-15-33(16-5-1)46-40-22-10-11-23-41(40)47(43-31-35(26-28-42(43)46)48-50-29-14-30-51-48)34-25-27-39-38-21-12-13-24-44(38)49(45(39)32-34,36-17-6-2-7-18-36)37-19-8-3-9-20-37;1-3-15-33-29(11-1)13-9-19-35(33)43-37-17-5-6-18-38(37)44(36-20-10-14-30-12-2-4-16-34(30)36)40-27-31(22-24-39(40)43)32-23-25-42(46-28-32)41-21-7-8-26-45-41;1-39(2)34-16-9-8-13-28(34)29-19-17-26(24-35(29)39)37-31-15-7-6-14-30(31)36(25-11-4-3-5-12-25)33-23-27(18-20-32(33)37)38-40-21-10-22-41-38/h1-32H;1-28H;3-24H,1-2H3. The summed E-state index contributed by atoms with van der Waals surface area (Å²) in [5, 5.41) is 19.7. The van der Waals surface area contributed by atoms with E-state index in [-0.39, 0.29) is 5.41 Å². The summed E-state index contributed by atoms with van der Waals surface area (Å²) in [5.74, 6) is 1.46. The Morgan fingerprint density at radius 1 is 0.167 bits per heavy atom. The van der Waals surface area contributed by atoms with Crippen LogP contribution in [0, 0.1) is 0 Å². The summed E-state index contributed by atoms with van der Waals surface area (Å²) in [4.78, 5) is 27.7. The molecule has 25 aromatic rings. The van der Waals surface area contributed by atoms with Crippen LogP contribution in [0.5, 0.6) is 0 Å². The van der Waals surface area contributed by atoms with Gasteiger partial charge < -0.3 is 0 Å². The number of aromatic nitrogens is 6. The van der Waals surface area contributed by atoms with Gasteiger partial charge in [-0.2, -0.15) is 0 Å². The van der Waals surface area contributed by atoms with Crippen molar-refractivity contribution < 1.29 is 0 Å². The first-order valence-electron chi connectivity index (χ1n) is 47.3. The van der Waals surface area contributed by atoms with Crippen molar-refractivity contribution in [2.45, 2.75) is 24.7 Å². The molecule has 0 N–H and O–H groups in total. The molecule has 0 bridgehead atoms. The lowest BCUT2D eigenvalue weighted by molar-refractivity contribution is 0.660. The van der Waals surface area contributed by atoms with Crippen LogP contribution in [0.15, 0.2) is 498 Å². The van der Waals surface area contributed by atoms with E-state index in [1.807, 2.05) is 48.9 Å². The molecule has 6 nitrogen and oxygen atoms in total. The van der Waals surface area contributed by atoms with E-state index < -0.39 is 5.41 Å². The maximum Gasteiger partial charge on any atom is 0.159 e. The monoisotopic (exact) mass is 1760 g/mol. The minimum absolute atomic E-state index is 0.0602. The van der Waals surface area contributed by atoms with Crippen LogP contribution in [0.25, 0.3) is 220 Å². The summed E-state index contributed by atoms with van der Waals surface area (Å²) >= 11 is 0. The van der Waals surface area contributed by atoms with Gasteiger partial charge in [0.05, 0.1) is 16.8 Å². The van der Waals surface area contributed by atoms with Gasteiger partial charge in [-0.15, -0.1) is 0 Å². The van der Waals surface area contributed by atoms with Crippen LogP contribution in [-0.4, -0.2) is 29.9 Å². The normalized spacial score (nSPS) is 12.5. The second kappa shape index (κ2) is 34.3. The number of fused-ring (bicyclic) bond motifs is 14. The second-order valence-electron chi connectivity index (χ2n) is 36.5. The van der Waals surface area contributed by atoms with Crippen molar-refractivity contribution in [1.82, 2.24) is 29.9 Å². The number of hydrogen-bond donors (Lipinski definition) is 0. The Hall–Kier alpha value is -17.8. The Labute approximate surface area is 801 Å². The Bertz CT molecular complexity index is 9010. The fourth-order valence-electron chi connectivity index (χ4n) is 22.5. The number of benzene rings is 21. The second-order valence-corrected chi connectivity index (χ2v) is 36.5. The molecule has 27 rings (SSSR count). The Balaban J connectivity index is 0.000000110. The average molecular weight is 1760 g/mol. The van der Waals surface area contributed by atoms with Crippen LogP contribution in [0.1, 0.15) is 47.2 Å². The van der Waals surface area contributed by atoms with E-state index in [0.717, 1.165) is 45.3 Å². The fraction of sp³-hybridized carbons (Fsp3) is 0.0303. The highest BCUT2D eigenvalue weighted by atomic mass is 14.9. The van der Waals surface area contributed by atoms with Gasteiger partial charge in [0.25, 0.3) is 0 Å². The highest BCUT2D eigenvalue weighted by Gasteiger charge is 2.46. The van der Waals surface area contributed by atoms with Crippen molar-refractivity contribution >= 4 is 86.2 Å². The first kappa shape index (κ1) is 82.1. The summed E-state index contributed by atoms with van der Waals surface area (Å²) in [5.41, 5.74) is 33.4. The van der Waals surface area contributed by atoms with Crippen LogP contribution in [0.3, 0.4) is 0 Å². The molecule has 0 atom stereocenters. The molecule has 0 radical (unpaired) electrons. The van der Waals surface area contributed by atoms with Gasteiger partial charge in [-0.3, -0.25) is 9.97 Å². The molecule has 0 unspecified atom stereocenters. The third-order valence-electron chi connectivity index (χ3n) is 28.6. The van der Waals surface area contributed by atoms with E-state index in [2.05, 4.69) is 469 Å². The predicted molar refractivity (Wildman–Crippen MR) is 575 cm³/mol. The van der Waals surface area contributed by atoms with E-state index in [9.17, 15) is 0 Å². The minimum atomic E-state index is -0.483. The highest BCUT2D eigenvalue weighted by molar-refractivity contribution is 6.27. The molecule has 0 amide bonds. The molecule has 2 aliphatic carbocycles. The summed E-state index contributed by atoms with van der Waals surface area (Å²) < 4.78 is 0. The molecule has 4 aromatic heterocycles. The lowest BCUT2D eigenvalue weighted by atomic mass is 9.67. The number of rotatable bonds is 12. The van der Waals surface area contributed by atoms with E-state index in [1.54, 1.807) is 18.6 Å². The number of nitrogens with zero attached hydrogens (tertiary/aromatic N) is 6. The van der Waals surface area contributed by atoms with Crippen molar-refractivity contribution in [2.75, 3.05) is 0 Å². The zero-order chi connectivity index (χ0) is 91.8. The van der Waals surface area contributed by atoms with Gasteiger partial charge in [-0.05, 0) is 275 Å². The summed E-state index contributed by atoms with van der Waals surface area (Å²) in [6.07, 6.45) is 11.0. The van der Waals surface area contributed by atoms with E-state index in [1.165, 1.54) is 209 Å². The molecule has 0 spiro atoms. The molecule has 0 fully saturated rings. The summed E-state index contributed by atoms with van der Waals surface area (Å²) in [7, 11) is 0. The predicted octanol–water partition coefficient (Wildman–Crippen LogP) is 34.0. The van der Waals surface area contributed by atoms with Gasteiger partial charge >= 0.3 is 0 Å². The minimum Gasteiger partial charge on any atom is -0.255 e. The van der Waals surface area contributed by atoms with Gasteiger partial charge in [0.15, 0.2) is 11.6 Å². The van der Waals surface area contributed by atoms with Crippen LogP contribution < -0.4 is 0 Å². The van der Waals surface area contributed by atoms with Gasteiger partial charge in [-0.1, -0.05) is 414 Å². The van der Waals surface area contributed by atoms with Gasteiger partial charge in [0, 0.05) is 59.3 Å². The first-order chi connectivity index (χ1) is 68.3. The molecular formula is C132H88N6. The lowest BCUT2D eigenvalue weighted by Gasteiger charge is -2.34. The molecule has 0 aliphatic heterocycles. The first-order valence-corrected chi connectivity index (χ1v) is 47.3. The average Bonchev–Trinajstić information content (AvgIpc) is 1.52. The summed E-state index contributed by atoms with van der Waals surface area (Å²) in [6.45, 7) is 4.70. The van der Waals surface area contributed by atoms with Crippen LogP contribution in [-0.2, 0) is 10.8 Å². The molecular weight excluding hydrogens is 1670 g/mol. The Morgan fingerprint density at radius 3 is 0.993 bits per heavy atom. The number of hydrogen-bond acceptors (Lipinski definition) is 6. The van der Waals surface area contributed by atoms with Crippen LogP contribution in [0.2, 0.25) is 0 Å². The van der Waals surface area contributed by atoms with Crippen molar-refractivity contribution in [3.8, 4) is 134 Å². The molecule has 6 heteroatoms. The molecule has 138 heavy (non-hydrogen) atoms. The molecule has 0 saturated heterocycles. The fourth-order valence-corrected chi connectivity index (χ4v) is 22.5. The van der Waals surface area contributed by atoms with E-state index in [0.29, 0.717) is 0 Å². The molecule has 4 heterocycles. The van der Waals surface area contributed by atoms with Crippen molar-refractivity contribution in [3.05, 3.63) is 532 Å². The van der Waals surface area contributed by atoms with Gasteiger partial charge in [0.1, 0.15) is 0 Å². The lowest BCUT2D eigenvalue weighted by Crippen LogP contribution is -2.28. The highest BCUT2D eigenvalue weighted by Crippen LogP contribution is 2.59. The quantitative estimate of drug-likeness (QED) is 0.113. The van der Waals surface area contributed by atoms with Crippen molar-refractivity contribution in [2.24, 2.45) is 0 Å². The smallest absolute Gasteiger partial charge is 0.159 e. The third kappa shape index (κ3) is 13.9. The van der Waals surface area contributed by atoms with Crippen LogP contribution >= 0.6 is 0 Å². The zero-order valence-electron chi connectivity index (χ0n) is 76.0. The SMILES string of the molecule is CC1(C)c2ccccc2-c2ccc(-c3c4ccccc4c(-c4ccccc4)c4cc(-c5ncccn5)ccc34)cc21.c1ccc(-c2c3ccccc3c(-c3ccc4c(c3)C(c3ccccc3)(c3ccccc3)c3ccccc3-4)c3cc(-c4ncccn4)ccc23)cc1.c1ccc(-c2ccc(-c3ccc4c(-c5cccc6ccccc56)c5ccccc5c(-c5cccc6ccccc56)c4c3)cn2)nc1. The summed E-state index contributed by atoms with van der Waals surface area (Å²) in [6, 6.07) is 167. The maximum absolute atomic E-state index is 4.81. The topological polar surface area (TPSA) is 77.3 Å². The molecule has 2 aliphatic rings. The largest absolute Gasteiger partial charge is 0.255 e. The third-order valence-corrected chi connectivity index (χ3v) is 28.6. The van der Waals surface area contributed by atoms with Crippen LogP contribution in [0.4, 0.5) is 0 Å². The molecule has 21 aromatic carbocycles. The maximum atomic E-state index is 4.81. The molecule has 646 valence electrons.